The molecular weight excluding hydrogens is 312 g/mol. The van der Waals surface area contributed by atoms with Crippen molar-refractivity contribution in [2.75, 3.05) is 5.32 Å². The lowest BCUT2D eigenvalue weighted by Crippen LogP contribution is -2.14. The van der Waals surface area contributed by atoms with Gasteiger partial charge in [-0.05, 0) is 48.2 Å². The molecule has 0 aliphatic heterocycles. The molecule has 0 aromatic heterocycles. The third kappa shape index (κ3) is 3.36. The fourth-order valence-electron chi connectivity index (χ4n) is 2.42. The molecule has 0 radical (unpaired) electrons. The highest BCUT2D eigenvalue weighted by atomic mass is 35.5. The lowest BCUT2D eigenvalue weighted by Gasteiger charge is -2.06. The number of benzene rings is 2. The summed E-state index contributed by atoms with van der Waals surface area (Å²) in [5.41, 5.74) is 1.57. The molecule has 21 heavy (non-hydrogen) atoms. The molecule has 1 aliphatic carbocycles. The molecule has 1 aliphatic rings. The van der Waals surface area contributed by atoms with Gasteiger partial charge in [-0.2, -0.15) is 0 Å². The zero-order chi connectivity index (χ0) is 15.0. The van der Waals surface area contributed by atoms with Crippen molar-refractivity contribution in [1.82, 2.24) is 0 Å². The molecule has 1 N–H and O–H groups in total. The summed E-state index contributed by atoms with van der Waals surface area (Å²) in [7, 11) is 0. The fourth-order valence-corrected chi connectivity index (χ4v) is 2.95. The molecule has 0 saturated heterocycles. The highest BCUT2D eigenvalue weighted by molar-refractivity contribution is 6.35. The Balaban J connectivity index is 1.66. The van der Waals surface area contributed by atoms with Gasteiger partial charge >= 0.3 is 0 Å². The first-order chi connectivity index (χ1) is 10.0. The van der Waals surface area contributed by atoms with Crippen molar-refractivity contribution >= 4 is 34.8 Å². The molecule has 2 aromatic rings. The van der Waals surface area contributed by atoms with Crippen molar-refractivity contribution in [2.24, 2.45) is 5.92 Å². The van der Waals surface area contributed by atoms with Crippen LogP contribution in [0.25, 0.3) is 0 Å². The van der Waals surface area contributed by atoms with Crippen LogP contribution in [0.1, 0.15) is 17.9 Å². The van der Waals surface area contributed by atoms with Gasteiger partial charge in [-0.15, -0.1) is 0 Å². The normalized spacial score (nSPS) is 20.1. The Morgan fingerprint density at radius 1 is 1.10 bits per heavy atom. The van der Waals surface area contributed by atoms with Crippen LogP contribution in [-0.4, -0.2) is 5.91 Å². The van der Waals surface area contributed by atoms with Crippen molar-refractivity contribution in [2.45, 2.75) is 12.3 Å². The van der Waals surface area contributed by atoms with Gasteiger partial charge in [0.05, 0.1) is 0 Å². The maximum absolute atomic E-state index is 12.9. The van der Waals surface area contributed by atoms with Gasteiger partial charge < -0.3 is 5.32 Å². The maximum atomic E-state index is 12.9. The van der Waals surface area contributed by atoms with Crippen LogP contribution in [0, 0.1) is 11.7 Å². The van der Waals surface area contributed by atoms with Gasteiger partial charge in [0, 0.05) is 21.7 Å². The molecule has 5 heteroatoms. The molecule has 1 amide bonds. The molecule has 0 bridgehead atoms. The van der Waals surface area contributed by atoms with E-state index in [9.17, 15) is 9.18 Å². The number of halogens is 3. The van der Waals surface area contributed by atoms with E-state index in [2.05, 4.69) is 5.32 Å². The SMILES string of the molecule is O=C(Nc1cc(Cl)cc(Cl)c1)C1CC1c1ccc(F)cc1. The summed E-state index contributed by atoms with van der Waals surface area (Å²) in [6, 6.07) is 11.2. The van der Waals surface area contributed by atoms with Gasteiger partial charge in [0.15, 0.2) is 0 Å². The molecule has 2 unspecified atom stereocenters. The van der Waals surface area contributed by atoms with Crippen molar-refractivity contribution in [3.63, 3.8) is 0 Å². The average Bonchev–Trinajstić information content (AvgIpc) is 3.18. The first-order valence-corrected chi connectivity index (χ1v) is 7.31. The van der Waals surface area contributed by atoms with Gasteiger partial charge in [-0.3, -0.25) is 4.79 Å². The molecule has 108 valence electrons. The number of nitrogens with one attached hydrogen (secondary N) is 1. The first-order valence-electron chi connectivity index (χ1n) is 6.55. The first kappa shape index (κ1) is 14.4. The van der Waals surface area contributed by atoms with E-state index in [0.717, 1.165) is 12.0 Å². The molecule has 3 rings (SSSR count). The summed E-state index contributed by atoms with van der Waals surface area (Å²) in [6.45, 7) is 0. The number of anilines is 1. The Hall–Kier alpha value is -1.58. The minimum atomic E-state index is -0.269. The van der Waals surface area contributed by atoms with Gasteiger partial charge in [0.1, 0.15) is 5.82 Å². The van der Waals surface area contributed by atoms with Crippen molar-refractivity contribution < 1.29 is 9.18 Å². The van der Waals surface area contributed by atoms with E-state index in [4.69, 9.17) is 23.2 Å². The molecule has 0 heterocycles. The lowest BCUT2D eigenvalue weighted by molar-refractivity contribution is -0.117. The van der Waals surface area contributed by atoms with Crippen molar-refractivity contribution in [1.29, 1.82) is 0 Å². The number of rotatable bonds is 3. The van der Waals surface area contributed by atoms with Crippen LogP contribution in [0.5, 0.6) is 0 Å². The number of carbonyl (C=O) groups excluding carboxylic acids is 1. The average molecular weight is 324 g/mol. The Bertz CT molecular complexity index is 667. The molecule has 2 aromatic carbocycles. The topological polar surface area (TPSA) is 29.1 Å². The van der Waals surface area contributed by atoms with Crippen LogP contribution >= 0.6 is 23.2 Å². The Morgan fingerprint density at radius 3 is 2.33 bits per heavy atom. The predicted octanol–water partition coefficient (Wildman–Crippen LogP) is 4.87. The standard InChI is InChI=1S/C16H12Cl2FNO/c17-10-5-11(18)7-13(6-10)20-16(21)15-8-14(15)9-1-3-12(19)4-2-9/h1-7,14-15H,8H2,(H,20,21). The quantitative estimate of drug-likeness (QED) is 0.857. The highest BCUT2D eigenvalue weighted by Crippen LogP contribution is 2.48. The second-order valence-electron chi connectivity index (χ2n) is 5.15. The molecule has 2 nitrogen and oxygen atoms in total. The Kier molecular flexibility index (Phi) is 3.87. The number of amides is 1. The number of carbonyl (C=O) groups is 1. The summed E-state index contributed by atoms with van der Waals surface area (Å²) in [4.78, 5) is 12.2. The van der Waals surface area contributed by atoms with Crippen LogP contribution in [-0.2, 0) is 4.79 Å². The third-order valence-electron chi connectivity index (χ3n) is 3.56. The van der Waals surface area contributed by atoms with Gasteiger partial charge in [-0.25, -0.2) is 4.39 Å². The largest absolute Gasteiger partial charge is 0.326 e. The monoisotopic (exact) mass is 323 g/mol. The minimum Gasteiger partial charge on any atom is -0.326 e. The molecular formula is C16H12Cl2FNO. The van der Waals surface area contributed by atoms with Crippen LogP contribution in [0.3, 0.4) is 0 Å². The molecule has 0 spiro atoms. The van der Waals surface area contributed by atoms with E-state index >= 15 is 0 Å². The summed E-state index contributed by atoms with van der Waals surface area (Å²) in [6.07, 6.45) is 0.770. The fraction of sp³-hybridized carbons (Fsp3) is 0.188. The number of hydrogen-bond acceptors (Lipinski definition) is 1. The summed E-state index contributed by atoms with van der Waals surface area (Å²) in [5.74, 6) is -0.273. The van der Waals surface area contributed by atoms with E-state index in [1.54, 1.807) is 30.3 Å². The second-order valence-corrected chi connectivity index (χ2v) is 6.02. The van der Waals surface area contributed by atoms with Crippen LogP contribution < -0.4 is 5.32 Å². The van der Waals surface area contributed by atoms with E-state index in [1.807, 2.05) is 0 Å². The third-order valence-corrected chi connectivity index (χ3v) is 3.99. The summed E-state index contributed by atoms with van der Waals surface area (Å²) >= 11 is 11.8. The highest BCUT2D eigenvalue weighted by Gasteiger charge is 2.43. The number of hydrogen-bond donors (Lipinski definition) is 1. The van der Waals surface area contributed by atoms with E-state index in [-0.39, 0.29) is 23.6 Å². The molecule has 1 saturated carbocycles. The van der Waals surface area contributed by atoms with Crippen LogP contribution in [0.15, 0.2) is 42.5 Å². The van der Waals surface area contributed by atoms with Gasteiger partial charge in [-0.1, -0.05) is 35.3 Å². The zero-order valence-electron chi connectivity index (χ0n) is 10.9. The Labute approximate surface area is 131 Å². The molecule has 2 atom stereocenters. The second kappa shape index (κ2) is 5.66. The maximum Gasteiger partial charge on any atom is 0.228 e. The van der Waals surface area contributed by atoms with E-state index in [0.29, 0.717) is 15.7 Å². The van der Waals surface area contributed by atoms with Crippen LogP contribution in [0.4, 0.5) is 10.1 Å². The Morgan fingerprint density at radius 2 is 1.71 bits per heavy atom. The van der Waals surface area contributed by atoms with Gasteiger partial charge in [0.25, 0.3) is 0 Å². The predicted molar refractivity (Wildman–Crippen MR) is 82.3 cm³/mol. The summed E-state index contributed by atoms with van der Waals surface area (Å²) < 4.78 is 12.9. The zero-order valence-corrected chi connectivity index (χ0v) is 12.5. The smallest absolute Gasteiger partial charge is 0.228 e. The summed E-state index contributed by atoms with van der Waals surface area (Å²) in [5, 5.41) is 3.77. The van der Waals surface area contributed by atoms with Crippen LogP contribution in [0.2, 0.25) is 10.0 Å². The van der Waals surface area contributed by atoms with Crippen molar-refractivity contribution in [3.05, 3.63) is 63.9 Å². The van der Waals surface area contributed by atoms with Gasteiger partial charge in [0.2, 0.25) is 5.91 Å². The van der Waals surface area contributed by atoms with E-state index < -0.39 is 0 Å². The van der Waals surface area contributed by atoms with E-state index in [1.165, 1.54) is 12.1 Å². The lowest BCUT2D eigenvalue weighted by atomic mass is 10.1. The molecule has 1 fully saturated rings. The minimum absolute atomic E-state index is 0.0670. The van der Waals surface area contributed by atoms with Crippen molar-refractivity contribution in [3.8, 4) is 0 Å².